The molecule has 3 aliphatic rings. The Labute approximate surface area is 97.5 Å². The highest BCUT2D eigenvalue weighted by Gasteiger charge is 2.39. The summed E-state index contributed by atoms with van der Waals surface area (Å²) in [6.45, 7) is 0.0117. The van der Waals surface area contributed by atoms with E-state index in [1.165, 1.54) is 6.34 Å². The summed E-state index contributed by atoms with van der Waals surface area (Å²) in [5, 5.41) is 9.02. The highest BCUT2D eigenvalue weighted by Crippen LogP contribution is 2.25. The molecule has 1 fully saturated rings. The maximum absolute atomic E-state index is 11.5. The second-order valence-corrected chi connectivity index (χ2v) is 4.12. The van der Waals surface area contributed by atoms with Crippen LogP contribution in [0.5, 0.6) is 0 Å². The van der Waals surface area contributed by atoms with Gasteiger partial charge in [-0.2, -0.15) is 4.99 Å². The average molecular weight is 236 g/mol. The Bertz CT molecular complexity index is 431. The zero-order valence-electron chi connectivity index (χ0n) is 9.06. The van der Waals surface area contributed by atoms with Gasteiger partial charge >= 0.3 is 0 Å². The third kappa shape index (κ3) is 1.67. The van der Waals surface area contributed by atoms with E-state index in [1.54, 1.807) is 11.2 Å². The number of carbonyl (C=O) groups excluding carboxylic acids is 1. The summed E-state index contributed by atoms with van der Waals surface area (Å²) in [4.78, 5) is 25.0. The molecule has 0 bridgehead atoms. The van der Waals surface area contributed by atoms with E-state index in [4.69, 9.17) is 9.84 Å². The Morgan fingerprint density at radius 2 is 2.41 bits per heavy atom. The number of aliphatic hydroxyl groups excluding tert-OH is 1. The third-order valence-electron chi connectivity index (χ3n) is 3.06. The quantitative estimate of drug-likeness (QED) is 0.677. The van der Waals surface area contributed by atoms with E-state index >= 15 is 0 Å². The van der Waals surface area contributed by atoms with E-state index in [0.717, 1.165) is 12.8 Å². The van der Waals surface area contributed by atoms with Gasteiger partial charge in [-0.3, -0.25) is 14.7 Å². The van der Waals surface area contributed by atoms with Gasteiger partial charge in [-0.15, -0.1) is 0 Å². The van der Waals surface area contributed by atoms with Crippen molar-refractivity contribution in [3.05, 3.63) is 0 Å². The third-order valence-corrected chi connectivity index (χ3v) is 3.06. The Morgan fingerprint density at radius 3 is 3.18 bits per heavy atom. The second-order valence-electron chi connectivity index (χ2n) is 4.12. The molecule has 7 heteroatoms. The van der Waals surface area contributed by atoms with Gasteiger partial charge in [0.2, 0.25) is 0 Å². The molecule has 0 aromatic carbocycles. The van der Waals surface area contributed by atoms with Gasteiger partial charge in [-0.1, -0.05) is 0 Å². The summed E-state index contributed by atoms with van der Waals surface area (Å²) in [6, 6.07) is -0.614. The van der Waals surface area contributed by atoms with Crippen molar-refractivity contribution in [2.75, 3.05) is 6.61 Å². The van der Waals surface area contributed by atoms with E-state index in [9.17, 15) is 4.79 Å². The molecule has 7 nitrogen and oxygen atoms in total. The van der Waals surface area contributed by atoms with Crippen LogP contribution in [-0.2, 0) is 9.53 Å². The van der Waals surface area contributed by atoms with Gasteiger partial charge in [0.1, 0.15) is 18.4 Å². The molecule has 0 spiro atoms. The summed E-state index contributed by atoms with van der Waals surface area (Å²) in [6.07, 6.45) is 4.06. The maximum atomic E-state index is 11.5. The van der Waals surface area contributed by atoms with Crippen molar-refractivity contribution in [2.45, 2.75) is 31.2 Å². The number of nitrogens with zero attached hydrogens (tertiary/aromatic N) is 4. The number of rotatable bonds is 2. The highest BCUT2D eigenvalue weighted by molar-refractivity contribution is 6.19. The largest absolute Gasteiger partial charge is 0.394 e. The first-order chi connectivity index (χ1) is 8.29. The smallest absolute Gasteiger partial charge is 0.279 e. The Balaban J connectivity index is 1.78. The van der Waals surface area contributed by atoms with E-state index in [-0.39, 0.29) is 24.8 Å². The lowest BCUT2D eigenvalue weighted by molar-refractivity contribution is -0.117. The molecule has 0 aliphatic carbocycles. The number of carbonyl (C=O) groups is 1. The van der Waals surface area contributed by atoms with Crippen LogP contribution in [0.25, 0.3) is 0 Å². The van der Waals surface area contributed by atoms with Gasteiger partial charge in [0.25, 0.3) is 5.91 Å². The Morgan fingerprint density at radius 1 is 1.53 bits per heavy atom. The number of hydrogen-bond donors (Lipinski definition) is 1. The van der Waals surface area contributed by atoms with Crippen molar-refractivity contribution in [2.24, 2.45) is 15.0 Å². The van der Waals surface area contributed by atoms with Crippen LogP contribution in [0.2, 0.25) is 0 Å². The zero-order chi connectivity index (χ0) is 11.8. The van der Waals surface area contributed by atoms with Crippen LogP contribution in [0.1, 0.15) is 12.8 Å². The molecule has 0 aromatic rings. The minimum absolute atomic E-state index is 0.0117. The molecule has 0 saturated carbocycles. The molecule has 3 rings (SSSR count). The van der Waals surface area contributed by atoms with Crippen molar-refractivity contribution >= 4 is 24.4 Å². The summed E-state index contributed by atoms with van der Waals surface area (Å²) < 4.78 is 5.63. The van der Waals surface area contributed by atoms with E-state index in [0.29, 0.717) is 5.84 Å². The van der Waals surface area contributed by atoms with Crippen molar-refractivity contribution in [1.29, 1.82) is 0 Å². The molecule has 3 atom stereocenters. The lowest BCUT2D eigenvalue weighted by atomic mass is 10.2. The van der Waals surface area contributed by atoms with Gasteiger partial charge in [0.05, 0.1) is 19.0 Å². The van der Waals surface area contributed by atoms with Crippen molar-refractivity contribution < 1.29 is 14.6 Å². The Kier molecular flexibility index (Phi) is 2.49. The van der Waals surface area contributed by atoms with Gasteiger partial charge < -0.3 is 9.84 Å². The number of amidine groups is 1. The van der Waals surface area contributed by atoms with Crippen molar-refractivity contribution in [3.8, 4) is 0 Å². The van der Waals surface area contributed by atoms with Crippen LogP contribution in [-0.4, -0.2) is 59.4 Å². The fourth-order valence-corrected chi connectivity index (χ4v) is 2.18. The summed E-state index contributed by atoms with van der Waals surface area (Å²) in [5.41, 5.74) is 0. The lowest BCUT2D eigenvalue weighted by Gasteiger charge is -2.24. The summed E-state index contributed by atoms with van der Waals surface area (Å²) in [7, 11) is 0. The number of aliphatic imine (C=N–C) groups is 3. The van der Waals surface area contributed by atoms with Gasteiger partial charge in [-0.25, -0.2) is 4.99 Å². The Hall–Kier alpha value is -1.60. The molecule has 0 aromatic heterocycles. The minimum Gasteiger partial charge on any atom is -0.394 e. The molecule has 0 radical (unpaired) electrons. The first-order valence-corrected chi connectivity index (χ1v) is 5.51. The number of aliphatic hydroxyl groups is 1. The molecule has 3 heterocycles. The second kappa shape index (κ2) is 4.01. The molecule has 2 unspecified atom stereocenters. The van der Waals surface area contributed by atoms with Crippen LogP contribution in [0, 0.1) is 0 Å². The number of hydrogen-bond acceptors (Lipinski definition) is 6. The van der Waals surface area contributed by atoms with Crippen molar-refractivity contribution in [3.63, 3.8) is 0 Å². The topological polar surface area (TPSA) is 86.9 Å². The molecule has 1 N–H and O–H groups in total. The number of fused-ring (bicyclic) bond motifs is 1. The predicted octanol–water partition coefficient (Wildman–Crippen LogP) is -0.837. The van der Waals surface area contributed by atoms with E-state index in [1.807, 2.05) is 0 Å². The average Bonchev–Trinajstić information content (AvgIpc) is 2.94. The molecular weight excluding hydrogens is 224 g/mol. The molecule has 90 valence electrons. The van der Waals surface area contributed by atoms with Gasteiger partial charge in [0.15, 0.2) is 6.04 Å². The number of ether oxygens (including phenoxy) is 1. The zero-order valence-corrected chi connectivity index (χ0v) is 9.06. The molecule has 1 amide bonds. The van der Waals surface area contributed by atoms with Crippen LogP contribution < -0.4 is 0 Å². The molecule has 1 saturated heterocycles. The standard InChI is InChI=1S/C10H12N4O3/c15-3-6-1-2-7(17-6)14-5-13-8-9(14)11-4-12-10(8)16/h4-8,15H,1-3H2/t6-,7?,8?/m0/s1. The summed E-state index contributed by atoms with van der Waals surface area (Å²) in [5.74, 6) is 0.263. The SMILES string of the molecule is O=C1N=CN=C2C1N=CN2C1CC[C@@H](CO)O1. The van der Waals surface area contributed by atoms with Crippen LogP contribution in [0.15, 0.2) is 15.0 Å². The van der Waals surface area contributed by atoms with Crippen LogP contribution in [0.3, 0.4) is 0 Å². The fourth-order valence-electron chi connectivity index (χ4n) is 2.18. The van der Waals surface area contributed by atoms with Gasteiger partial charge in [0, 0.05) is 0 Å². The van der Waals surface area contributed by atoms with Crippen LogP contribution in [0.4, 0.5) is 0 Å². The molecule has 3 aliphatic heterocycles. The van der Waals surface area contributed by atoms with Crippen molar-refractivity contribution in [1.82, 2.24) is 4.90 Å². The normalized spacial score (nSPS) is 35.4. The highest BCUT2D eigenvalue weighted by atomic mass is 16.5. The minimum atomic E-state index is -0.614. The monoisotopic (exact) mass is 236 g/mol. The fraction of sp³-hybridized carbons (Fsp3) is 0.600. The van der Waals surface area contributed by atoms with Crippen LogP contribution >= 0.6 is 0 Å². The van der Waals surface area contributed by atoms with Gasteiger partial charge in [-0.05, 0) is 12.8 Å². The predicted molar refractivity (Wildman–Crippen MR) is 60.0 cm³/mol. The maximum Gasteiger partial charge on any atom is 0.279 e. The number of amides is 1. The van der Waals surface area contributed by atoms with E-state index in [2.05, 4.69) is 15.0 Å². The molecule has 17 heavy (non-hydrogen) atoms. The van der Waals surface area contributed by atoms with E-state index < -0.39 is 6.04 Å². The first-order valence-electron chi connectivity index (χ1n) is 5.51. The summed E-state index contributed by atoms with van der Waals surface area (Å²) >= 11 is 0. The first kappa shape index (κ1) is 10.5. The molecular formula is C10H12N4O3. The lowest BCUT2D eigenvalue weighted by Crippen LogP contribution is -2.43.